The number of para-hydroxylation sites is 1. The van der Waals surface area contributed by atoms with Crippen LogP contribution >= 0.6 is 23.2 Å². The van der Waals surface area contributed by atoms with Gasteiger partial charge < -0.3 is 9.73 Å². The molecule has 0 bridgehead atoms. The minimum Gasteiger partial charge on any atom is -0.444 e. The molecule has 0 saturated carbocycles. The third kappa shape index (κ3) is 2.47. The molecule has 0 spiro atoms. The number of halogens is 2. The van der Waals surface area contributed by atoms with Gasteiger partial charge in [0.1, 0.15) is 5.58 Å². The molecule has 0 fully saturated rings. The van der Waals surface area contributed by atoms with Crippen molar-refractivity contribution in [2.75, 3.05) is 5.32 Å². The van der Waals surface area contributed by atoms with Crippen molar-refractivity contribution >= 4 is 39.9 Å². The van der Waals surface area contributed by atoms with Gasteiger partial charge in [0.25, 0.3) is 0 Å². The lowest BCUT2D eigenvalue weighted by atomic mass is 10.2. The summed E-state index contributed by atoms with van der Waals surface area (Å²) in [6.45, 7) is 2.50. The number of hydrogen-bond donors (Lipinski definition) is 1. The molecule has 3 aromatic rings. The Morgan fingerprint density at radius 1 is 1.25 bits per heavy atom. The first-order chi connectivity index (χ1) is 9.65. The first-order valence-electron chi connectivity index (χ1n) is 6.17. The van der Waals surface area contributed by atoms with Crippen LogP contribution in [-0.2, 0) is 6.54 Å². The number of furan rings is 1. The number of benzene rings is 1. The van der Waals surface area contributed by atoms with Crippen LogP contribution in [0.3, 0.4) is 0 Å². The SMILES string of the molecule is Cc1cnc(Cl)c(NCc2c(Cl)oc3ccccc23)c1. The second-order valence-corrected chi connectivity index (χ2v) is 5.26. The molecular weight excluding hydrogens is 295 g/mol. The van der Waals surface area contributed by atoms with Crippen LogP contribution in [0.1, 0.15) is 11.1 Å². The van der Waals surface area contributed by atoms with E-state index in [1.807, 2.05) is 37.3 Å². The van der Waals surface area contributed by atoms with Crippen LogP contribution in [-0.4, -0.2) is 4.98 Å². The van der Waals surface area contributed by atoms with E-state index in [-0.39, 0.29) is 0 Å². The molecule has 3 rings (SSSR count). The molecule has 2 heterocycles. The number of pyridine rings is 1. The lowest BCUT2D eigenvalue weighted by Gasteiger charge is -2.08. The molecule has 0 atom stereocenters. The van der Waals surface area contributed by atoms with E-state index in [0.29, 0.717) is 16.9 Å². The van der Waals surface area contributed by atoms with Crippen LogP contribution in [0.25, 0.3) is 11.0 Å². The molecule has 0 aliphatic rings. The van der Waals surface area contributed by atoms with Crippen LogP contribution in [0.5, 0.6) is 0 Å². The predicted molar refractivity (Wildman–Crippen MR) is 82.5 cm³/mol. The van der Waals surface area contributed by atoms with Gasteiger partial charge >= 0.3 is 0 Å². The lowest BCUT2D eigenvalue weighted by Crippen LogP contribution is -2.01. The summed E-state index contributed by atoms with van der Waals surface area (Å²) < 4.78 is 5.52. The van der Waals surface area contributed by atoms with E-state index < -0.39 is 0 Å². The van der Waals surface area contributed by atoms with E-state index in [9.17, 15) is 0 Å². The third-order valence-corrected chi connectivity index (χ3v) is 3.69. The average molecular weight is 307 g/mol. The summed E-state index contributed by atoms with van der Waals surface area (Å²) in [6.07, 6.45) is 1.73. The molecule has 1 aromatic carbocycles. The fraction of sp³-hybridized carbons (Fsp3) is 0.133. The van der Waals surface area contributed by atoms with Gasteiger partial charge in [-0.15, -0.1) is 0 Å². The first kappa shape index (κ1) is 13.3. The Hall–Kier alpha value is -1.71. The highest BCUT2D eigenvalue weighted by Crippen LogP contribution is 2.30. The molecule has 0 unspecified atom stereocenters. The van der Waals surface area contributed by atoms with Gasteiger partial charge in [-0.05, 0) is 36.2 Å². The Morgan fingerprint density at radius 3 is 2.90 bits per heavy atom. The van der Waals surface area contributed by atoms with E-state index in [1.54, 1.807) is 6.20 Å². The van der Waals surface area contributed by atoms with Crippen LogP contribution in [0.4, 0.5) is 5.69 Å². The van der Waals surface area contributed by atoms with Gasteiger partial charge in [-0.25, -0.2) is 4.98 Å². The summed E-state index contributed by atoms with van der Waals surface area (Å²) in [5, 5.41) is 5.09. The summed E-state index contributed by atoms with van der Waals surface area (Å²) in [7, 11) is 0. The molecule has 0 aliphatic carbocycles. The largest absolute Gasteiger partial charge is 0.444 e. The summed E-state index contributed by atoms with van der Waals surface area (Å²) >= 11 is 12.2. The maximum atomic E-state index is 6.15. The zero-order chi connectivity index (χ0) is 14.1. The third-order valence-electron chi connectivity index (χ3n) is 3.08. The van der Waals surface area contributed by atoms with Gasteiger partial charge in [0, 0.05) is 23.7 Å². The molecule has 20 heavy (non-hydrogen) atoms. The fourth-order valence-electron chi connectivity index (χ4n) is 2.09. The van der Waals surface area contributed by atoms with Gasteiger partial charge in [-0.1, -0.05) is 29.8 Å². The molecular formula is C15H12Cl2N2O. The zero-order valence-corrected chi connectivity index (χ0v) is 12.3. The minimum absolute atomic E-state index is 0.399. The first-order valence-corrected chi connectivity index (χ1v) is 6.92. The van der Waals surface area contributed by atoms with Crippen LogP contribution in [0.15, 0.2) is 40.9 Å². The topological polar surface area (TPSA) is 38.1 Å². The van der Waals surface area contributed by atoms with Crippen molar-refractivity contribution in [3.63, 3.8) is 0 Å². The summed E-state index contributed by atoms with van der Waals surface area (Å²) in [4.78, 5) is 4.11. The van der Waals surface area contributed by atoms with E-state index >= 15 is 0 Å². The lowest BCUT2D eigenvalue weighted by molar-refractivity contribution is 0.613. The fourth-order valence-corrected chi connectivity index (χ4v) is 2.52. The van der Waals surface area contributed by atoms with Crippen LogP contribution in [0.2, 0.25) is 10.4 Å². The number of aromatic nitrogens is 1. The van der Waals surface area contributed by atoms with Gasteiger partial charge in [-0.3, -0.25) is 0 Å². The molecule has 2 aromatic heterocycles. The van der Waals surface area contributed by atoms with Crippen LogP contribution in [0, 0.1) is 6.92 Å². The van der Waals surface area contributed by atoms with Crippen molar-refractivity contribution in [3.05, 3.63) is 58.0 Å². The second kappa shape index (κ2) is 5.35. The molecule has 5 heteroatoms. The van der Waals surface area contributed by atoms with E-state index in [0.717, 1.165) is 27.8 Å². The Kier molecular flexibility index (Phi) is 3.55. The van der Waals surface area contributed by atoms with Crippen molar-refractivity contribution in [1.29, 1.82) is 0 Å². The molecule has 3 nitrogen and oxygen atoms in total. The van der Waals surface area contributed by atoms with Crippen molar-refractivity contribution in [2.45, 2.75) is 13.5 Å². The van der Waals surface area contributed by atoms with E-state index in [1.165, 1.54) is 0 Å². The maximum absolute atomic E-state index is 6.15. The maximum Gasteiger partial charge on any atom is 0.199 e. The molecule has 102 valence electrons. The van der Waals surface area contributed by atoms with Crippen molar-refractivity contribution in [1.82, 2.24) is 4.98 Å². The molecule has 0 radical (unpaired) electrons. The van der Waals surface area contributed by atoms with Gasteiger partial charge in [0.2, 0.25) is 0 Å². The minimum atomic E-state index is 0.399. The zero-order valence-electron chi connectivity index (χ0n) is 10.8. The van der Waals surface area contributed by atoms with Crippen molar-refractivity contribution < 1.29 is 4.42 Å². The highest BCUT2D eigenvalue weighted by molar-refractivity contribution is 6.32. The normalized spacial score (nSPS) is 10.9. The number of nitrogens with one attached hydrogen (secondary N) is 1. The molecule has 0 saturated heterocycles. The molecule has 0 aliphatic heterocycles. The predicted octanol–water partition coefficient (Wildman–Crippen LogP) is 5.06. The number of hydrogen-bond acceptors (Lipinski definition) is 3. The summed E-state index contributed by atoms with van der Waals surface area (Å²) in [5.74, 6) is 0. The van der Waals surface area contributed by atoms with E-state index in [4.69, 9.17) is 27.6 Å². The van der Waals surface area contributed by atoms with Gasteiger partial charge in [0.15, 0.2) is 10.4 Å². The number of fused-ring (bicyclic) bond motifs is 1. The molecule has 1 N–H and O–H groups in total. The smallest absolute Gasteiger partial charge is 0.199 e. The van der Waals surface area contributed by atoms with Gasteiger partial charge in [0.05, 0.1) is 5.69 Å². The summed E-state index contributed by atoms with van der Waals surface area (Å²) in [5.41, 5.74) is 3.52. The molecule has 0 amide bonds. The Balaban J connectivity index is 1.90. The van der Waals surface area contributed by atoms with Crippen LogP contribution < -0.4 is 5.32 Å². The Bertz CT molecular complexity index is 768. The number of anilines is 1. The van der Waals surface area contributed by atoms with Gasteiger partial charge in [-0.2, -0.15) is 0 Å². The highest BCUT2D eigenvalue weighted by atomic mass is 35.5. The number of rotatable bonds is 3. The highest BCUT2D eigenvalue weighted by Gasteiger charge is 2.12. The average Bonchev–Trinajstić information content (AvgIpc) is 2.75. The Labute approximate surface area is 126 Å². The second-order valence-electron chi connectivity index (χ2n) is 4.56. The summed E-state index contributed by atoms with van der Waals surface area (Å²) in [6, 6.07) is 9.70. The standard InChI is InChI=1S/C15H12Cl2N2O/c1-9-6-12(14(16)19-7-9)18-8-11-10-4-2-3-5-13(10)20-15(11)17/h2-7,18H,8H2,1H3. The Morgan fingerprint density at radius 2 is 2.05 bits per heavy atom. The monoisotopic (exact) mass is 306 g/mol. The quantitative estimate of drug-likeness (QED) is 0.688. The van der Waals surface area contributed by atoms with E-state index in [2.05, 4.69) is 10.3 Å². The van der Waals surface area contributed by atoms with Crippen molar-refractivity contribution in [2.24, 2.45) is 0 Å². The number of nitrogens with zero attached hydrogens (tertiary/aromatic N) is 1. The van der Waals surface area contributed by atoms with Crippen molar-refractivity contribution in [3.8, 4) is 0 Å². The number of aryl methyl sites for hydroxylation is 1.